The van der Waals surface area contributed by atoms with Gasteiger partial charge in [0, 0.05) is 17.6 Å². The second kappa shape index (κ2) is 5.14. The van der Waals surface area contributed by atoms with Crippen LogP contribution in [0.2, 0.25) is 0 Å². The summed E-state index contributed by atoms with van der Waals surface area (Å²) >= 11 is 1.54. The highest BCUT2D eigenvalue weighted by molar-refractivity contribution is 7.09. The monoisotopic (exact) mass is 252 g/mol. The fraction of sp³-hybridized carbons (Fsp3) is 0.250. The first-order chi connectivity index (χ1) is 8.20. The van der Waals surface area contributed by atoms with Crippen molar-refractivity contribution in [2.24, 2.45) is 0 Å². The quantitative estimate of drug-likeness (QED) is 0.904. The van der Waals surface area contributed by atoms with Crippen LogP contribution in [0.15, 0.2) is 29.8 Å². The van der Waals surface area contributed by atoms with E-state index in [4.69, 9.17) is 4.74 Å². The minimum Gasteiger partial charge on any atom is -0.497 e. The second-order valence-corrected chi connectivity index (χ2v) is 4.51. The van der Waals surface area contributed by atoms with Gasteiger partial charge in [0.25, 0.3) is 0 Å². The van der Waals surface area contributed by atoms with E-state index >= 15 is 0 Å². The van der Waals surface area contributed by atoms with Crippen LogP contribution in [0.4, 0.5) is 10.1 Å². The summed E-state index contributed by atoms with van der Waals surface area (Å²) in [6, 6.07) is 4.58. The number of nitrogens with one attached hydrogen (secondary N) is 1. The van der Waals surface area contributed by atoms with E-state index in [-0.39, 0.29) is 11.9 Å². The molecule has 1 N–H and O–H groups in total. The van der Waals surface area contributed by atoms with Gasteiger partial charge < -0.3 is 10.1 Å². The zero-order valence-electron chi connectivity index (χ0n) is 9.61. The first kappa shape index (κ1) is 11.9. The van der Waals surface area contributed by atoms with Gasteiger partial charge in [-0.05, 0) is 19.1 Å². The Hall–Kier alpha value is -1.62. The minimum atomic E-state index is -0.297. The van der Waals surface area contributed by atoms with Crippen molar-refractivity contribution >= 4 is 17.0 Å². The number of halogens is 1. The van der Waals surface area contributed by atoms with E-state index in [1.54, 1.807) is 25.4 Å². The zero-order chi connectivity index (χ0) is 12.3. The molecule has 0 radical (unpaired) electrons. The molecule has 0 amide bonds. The summed E-state index contributed by atoms with van der Waals surface area (Å²) < 4.78 is 18.6. The Balaban J connectivity index is 2.18. The average Bonchev–Trinajstić information content (AvgIpc) is 2.85. The Kier molecular flexibility index (Phi) is 3.58. The molecule has 90 valence electrons. The lowest BCUT2D eigenvalue weighted by Gasteiger charge is -2.14. The number of ether oxygens (including phenoxy) is 1. The largest absolute Gasteiger partial charge is 0.497 e. The van der Waals surface area contributed by atoms with E-state index in [0.717, 1.165) is 5.01 Å². The lowest BCUT2D eigenvalue weighted by atomic mass is 10.2. The molecule has 0 aliphatic heterocycles. The number of methoxy groups -OCH3 is 1. The van der Waals surface area contributed by atoms with Crippen LogP contribution in [-0.4, -0.2) is 12.1 Å². The molecule has 1 unspecified atom stereocenters. The number of benzene rings is 1. The van der Waals surface area contributed by atoms with Crippen molar-refractivity contribution in [2.45, 2.75) is 13.0 Å². The van der Waals surface area contributed by atoms with E-state index in [9.17, 15) is 4.39 Å². The molecule has 0 aliphatic carbocycles. The molecule has 0 aliphatic rings. The highest BCUT2D eigenvalue weighted by Gasteiger charge is 2.11. The molecule has 1 atom stereocenters. The van der Waals surface area contributed by atoms with Crippen molar-refractivity contribution in [1.29, 1.82) is 0 Å². The summed E-state index contributed by atoms with van der Waals surface area (Å²) in [6.07, 6.45) is 1.74. The van der Waals surface area contributed by atoms with Gasteiger partial charge in [-0.15, -0.1) is 11.3 Å². The average molecular weight is 252 g/mol. The van der Waals surface area contributed by atoms with Crippen molar-refractivity contribution in [3.8, 4) is 5.75 Å². The zero-order valence-corrected chi connectivity index (χ0v) is 10.4. The number of rotatable bonds is 4. The summed E-state index contributed by atoms with van der Waals surface area (Å²) in [5, 5.41) is 5.90. The van der Waals surface area contributed by atoms with Gasteiger partial charge in [0.05, 0.1) is 18.8 Å². The number of hydrogen-bond acceptors (Lipinski definition) is 4. The van der Waals surface area contributed by atoms with Crippen LogP contribution < -0.4 is 10.1 Å². The third-order valence-corrected chi connectivity index (χ3v) is 3.33. The molecule has 17 heavy (non-hydrogen) atoms. The molecule has 1 aromatic carbocycles. The summed E-state index contributed by atoms with van der Waals surface area (Å²) in [4.78, 5) is 4.19. The first-order valence-corrected chi connectivity index (χ1v) is 6.08. The molecule has 2 aromatic rings. The molecule has 0 saturated heterocycles. The molecule has 3 nitrogen and oxygen atoms in total. The molecule has 1 heterocycles. The number of thiazole rings is 1. The third-order valence-electron chi connectivity index (χ3n) is 2.37. The van der Waals surface area contributed by atoms with E-state index < -0.39 is 0 Å². The lowest BCUT2D eigenvalue weighted by Crippen LogP contribution is -2.07. The Labute approximate surface area is 103 Å². The van der Waals surface area contributed by atoms with Gasteiger partial charge in [0.1, 0.15) is 16.6 Å². The van der Waals surface area contributed by atoms with Gasteiger partial charge >= 0.3 is 0 Å². The number of aromatic nitrogens is 1. The molecule has 0 fully saturated rings. The summed E-state index contributed by atoms with van der Waals surface area (Å²) in [7, 11) is 1.56. The van der Waals surface area contributed by atoms with Crippen LogP contribution in [0.1, 0.15) is 18.0 Å². The summed E-state index contributed by atoms with van der Waals surface area (Å²) in [5.41, 5.74) is 0.423. The fourth-order valence-corrected chi connectivity index (χ4v) is 2.13. The molecule has 0 spiro atoms. The fourth-order valence-electron chi connectivity index (χ4n) is 1.49. The topological polar surface area (TPSA) is 34.1 Å². The van der Waals surface area contributed by atoms with Crippen molar-refractivity contribution in [3.63, 3.8) is 0 Å². The second-order valence-electron chi connectivity index (χ2n) is 3.58. The van der Waals surface area contributed by atoms with E-state index in [1.165, 1.54) is 17.4 Å². The molecule has 2 rings (SSSR count). The maximum atomic E-state index is 13.6. The summed E-state index contributed by atoms with van der Waals surface area (Å²) in [6.45, 7) is 1.94. The van der Waals surface area contributed by atoms with Crippen molar-refractivity contribution in [2.75, 3.05) is 12.4 Å². The van der Waals surface area contributed by atoms with E-state index in [1.807, 2.05) is 12.3 Å². The van der Waals surface area contributed by atoms with Gasteiger partial charge in [-0.3, -0.25) is 0 Å². The predicted octanol–water partition coefficient (Wildman–Crippen LogP) is 3.46. The first-order valence-electron chi connectivity index (χ1n) is 5.20. The number of hydrogen-bond donors (Lipinski definition) is 1. The van der Waals surface area contributed by atoms with Crippen LogP contribution in [-0.2, 0) is 0 Å². The van der Waals surface area contributed by atoms with Crippen LogP contribution in [0.25, 0.3) is 0 Å². The highest BCUT2D eigenvalue weighted by Crippen LogP contribution is 2.26. The normalized spacial score (nSPS) is 12.2. The number of nitrogens with zero attached hydrogens (tertiary/aromatic N) is 1. The molecule has 0 saturated carbocycles. The van der Waals surface area contributed by atoms with Gasteiger partial charge in [0.15, 0.2) is 0 Å². The molecule has 0 bridgehead atoms. The standard InChI is InChI=1S/C12H13FN2OS/c1-8(12-14-5-6-17-12)15-11-7-9(16-2)3-4-10(11)13/h3-8,15H,1-2H3. The smallest absolute Gasteiger partial charge is 0.146 e. The van der Waals surface area contributed by atoms with Crippen LogP contribution in [0.5, 0.6) is 5.75 Å². The Morgan fingerprint density at radius 1 is 1.47 bits per heavy atom. The maximum absolute atomic E-state index is 13.6. The molecular formula is C12H13FN2OS. The van der Waals surface area contributed by atoms with E-state index in [2.05, 4.69) is 10.3 Å². The van der Waals surface area contributed by atoms with Crippen LogP contribution in [0.3, 0.4) is 0 Å². The Morgan fingerprint density at radius 2 is 2.29 bits per heavy atom. The lowest BCUT2D eigenvalue weighted by molar-refractivity contribution is 0.414. The minimum absolute atomic E-state index is 0.0309. The highest BCUT2D eigenvalue weighted by atomic mass is 32.1. The molecule has 1 aromatic heterocycles. The Bertz CT molecular complexity index is 487. The Morgan fingerprint density at radius 3 is 2.94 bits per heavy atom. The van der Waals surface area contributed by atoms with Crippen LogP contribution >= 0.6 is 11.3 Å². The molecule has 5 heteroatoms. The predicted molar refractivity (Wildman–Crippen MR) is 67.1 cm³/mol. The van der Waals surface area contributed by atoms with Gasteiger partial charge in [-0.2, -0.15) is 0 Å². The third kappa shape index (κ3) is 2.74. The van der Waals surface area contributed by atoms with Gasteiger partial charge in [-0.1, -0.05) is 0 Å². The molecular weight excluding hydrogens is 239 g/mol. The number of anilines is 1. The van der Waals surface area contributed by atoms with Crippen molar-refractivity contribution in [1.82, 2.24) is 4.98 Å². The van der Waals surface area contributed by atoms with E-state index in [0.29, 0.717) is 11.4 Å². The maximum Gasteiger partial charge on any atom is 0.146 e. The summed E-state index contributed by atoms with van der Waals surface area (Å²) in [5.74, 6) is 0.328. The van der Waals surface area contributed by atoms with Crippen molar-refractivity contribution in [3.05, 3.63) is 40.6 Å². The van der Waals surface area contributed by atoms with Gasteiger partial charge in [-0.25, -0.2) is 9.37 Å². The van der Waals surface area contributed by atoms with Gasteiger partial charge in [0.2, 0.25) is 0 Å². The van der Waals surface area contributed by atoms with Crippen LogP contribution in [0, 0.1) is 5.82 Å². The van der Waals surface area contributed by atoms with Crippen molar-refractivity contribution < 1.29 is 9.13 Å². The SMILES string of the molecule is COc1ccc(F)c(NC(C)c2nccs2)c1.